The van der Waals surface area contributed by atoms with Gasteiger partial charge in [0.05, 0.1) is 17.8 Å². The molecular formula is C34H48O4V. The average Bonchev–Trinajstić information content (AvgIpc) is 3.44. The van der Waals surface area contributed by atoms with E-state index in [0.29, 0.717) is 16.4 Å². The monoisotopic (exact) mass is 571 g/mol. The molecule has 0 aromatic heterocycles. The van der Waals surface area contributed by atoms with Crippen molar-refractivity contribution in [2.45, 2.75) is 103 Å². The maximum atomic E-state index is 10.8. The smallest absolute Gasteiger partial charge is 0.335 e. The number of ether oxygens (including phenoxy) is 1. The van der Waals surface area contributed by atoms with Gasteiger partial charge in [0.1, 0.15) is 6.29 Å². The number of carbonyl (C=O) groups is 2. The van der Waals surface area contributed by atoms with E-state index in [1.165, 1.54) is 69.8 Å². The number of unbranched alkanes of at least 4 members (excludes halogenated alkanes) is 1. The van der Waals surface area contributed by atoms with Gasteiger partial charge in [0.15, 0.2) is 0 Å². The van der Waals surface area contributed by atoms with E-state index in [2.05, 4.69) is 20.4 Å². The van der Waals surface area contributed by atoms with Gasteiger partial charge in [-0.2, -0.15) is 0 Å². The zero-order chi connectivity index (χ0) is 27.0. The van der Waals surface area contributed by atoms with Crippen molar-refractivity contribution in [2.75, 3.05) is 6.61 Å². The molecule has 5 aliphatic rings. The van der Waals surface area contributed by atoms with Crippen LogP contribution in [-0.2, 0) is 28.1 Å². The number of hydrogen-bond acceptors (Lipinski definition) is 3. The third kappa shape index (κ3) is 5.60. The zero-order valence-electron chi connectivity index (χ0n) is 24.1. The quantitative estimate of drug-likeness (QED) is 0.220. The molecule has 1 saturated heterocycles. The Hall–Kier alpha value is -1.36. The predicted molar refractivity (Wildman–Crippen MR) is 151 cm³/mol. The number of benzene rings is 1. The largest absolute Gasteiger partial charge is 0.478 e. The van der Waals surface area contributed by atoms with Gasteiger partial charge in [-0.05, 0) is 135 Å². The summed E-state index contributed by atoms with van der Waals surface area (Å²) in [6, 6.07) is 8.30. The molecule has 1 aromatic carbocycles. The van der Waals surface area contributed by atoms with Crippen LogP contribution in [0.4, 0.5) is 0 Å². The van der Waals surface area contributed by atoms with Gasteiger partial charge in [-0.15, -0.1) is 0 Å². The minimum absolute atomic E-state index is 0. The summed E-state index contributed by atoms with van der Waals surface area (Å²) < 4.78 is 6.35. The van der Waals surface area contributed by atoms with Crippen LogP contribution < -0.4 is 0 Å². The molecule has 4 nitrogen and oxygen atoms in total. The van der Waals surface area contributed by atoms with Crippen LogP contribution in [0.5, 0.6) is 0 Å². The molecule has 1 aromatic rings. The van der Waals surface area contributed by atoms with Crippen LogP contribution in [0.3, 0.4) is 0 Å². The van der Waals surface area contributed by atoms with Crippen molar-refractivity contribution in [3.05, 3.63) is 48.0 Å². The van der Waals surface area contributed by atoms with Gasteiger partial charge in [0.2, 0.25) is 0 Å². The predicted octanol–water partition coefficient (Wildman–Crippen LogP) is 8.11. The molecule has 1 radical (unpaired) electrons. The number of carboxylic acid groups (broad SMARTS) is 1. The molecule has 5 fully saturated rings. The number of rotatable bonds is 5. The van der Waals surface area contributed by atoms with Crippen molar-refractivity contribution in [3.63, 3.8) is 0 Å². The normalized spacial score (nSPS) is 40.4. The van der Waals surface area contributed by atoms with Gasteiger partial charge in [-0.1, -0.05) is 38.6 Å². The number of aldehydes is 1. The first-order valence-electron chi connectivity index (χ1n) is 15.3. The number of hydrogen-bond donors (Lipinski definition) is 1. The third-order valence-corrected chi connectivity index (χ3v) is 12.2. The van der Waals surface area contributed by atoms with Crippen molar-refractivity contribution < 1.29 is 38.0 Å². The SMILES string of the molecule is C=C1CCOC12CC[C@]1(C)C3CC[C@@]4(C)C(CC[C@@H]4CCCC=O)C3CC[C@H]1C2.O=C(O)c1ccccc1.[V]. The molecule has 4 saturated carbocycles. The van der Waals surface area contributed by atoms with E-state index in [1.807, 2.05) is 0 Å². The summed E-state index contributed by atoms with van der Waals surface area (Å²) in [7, 11) is 0. The maximum Gasteiger partial charge on any atom is 0.335 e. The molecule has 1 spiro atoms. The fourth-order valence-electron chi connectivity index (χ4n) is 9.99. The second-order valence-corrected chi connectivity index (χ2v) is 13.6. The fourth-order valence-corrected chi connectivity index (χ4v) is 9.99. The van der Waals surface area contributed by atoms with E-state index < -0.39 is 5.97 Å². The van der Waals surface area contributed by atoms with Crippen molar-refractivity contribution >= 4 is 12.3 Å². The van der Waals surface area contributed by atoms with Crippen LogP contribution in [-0.4, -0.2) is 29.6 Å². The molecule has 4 aliphatic carbocycles. The first-order chi connectivity index (χ1) is 18.2. The second-order valence-electron chi connectivity index (χ2n) is 13.6. The number of aromatic carboxylic acids is 1. The van der Waals surface area contributed by atoms with Gasteiger partial charge in [0.25, 0.3) is 0 Å². The van der Waals surface area contributed by atoms with Crippen LogP contribution in [0.1, 0.15) is 108 Å². The van der Waals surface area contributed by atoms with Gasteiger partial charge in [-0.25, -0.2) is 4.79 Å². The summed E-state index contributed by atoms with van der Waals surface area (Å²) in [4.78, 5) is 21.0. The van der Waals surface area contributed by atoms with Crippen LogP contribution in [0.15, 0.2) is 42.5 Å². The van der Waals surface area contributed by atoms with E-state index in [-0.39, 0.29) is 24.2 Å². The van der Waals surface area contributed by atoms with E-state index in [4.69, 9.17) is 9.84 Å². The molecular weight excluding hydrogens is 523 g/mol. The van der Waals surface area contributed by atoms with Crippen molar-refractivity contribution in [3.8, 4) is 0 Å². The summed E-state index contributed by atoms with van der Waals surface area (Å²) in [5, 5.41) is 8.38. The summed E-state index contributed by atoms with van der Waals surface area (Å²) in [5.41, 5.74) is 2.84. The van der Waals surface area contributed by atoms with Crippen LogP contribution in [0, 0.1) is 40.4 Å². The average molecular weight is 572 g/mol. The number of fused-ring (bicyclic) bond motifs is 5. The Bertz CT molecular complexity index is 1030. The van der Waals surface area contributed by atoms with Crippen molar-refractivity contribution in [1.29, 1.82) is 0 Å². The Morgan fingerprint density at radius 1 is 1.03 bits per heavy atom. The molecule has 4 unspecified atom stereocenters. The first kappa shape index (κ1) is 30.6. The van der Waals surface area contributed by atoms with Gasteiger partial charge in [0, 0.05) is 25.0 Å². The molecule has 39 heavy (non-hydrogen) atoms. The Labute approximate surface area is 247 Å². The van der Waals surface area contributed by atoms with Crippen molar-refractivity contribution in [1.82, 2.24) is 0 Å². The van der Waals surface area contributed by atoms with E-state index in [1.54, 1.807) is 30.3 Å². The number of carbonyl (C=O) groups excluding carboxylic acids is 1. The van der Waals surface area contributed by atoms with Gasteiger partial charge < -0.3 is 14.6 Å². The molecule has 1 aliphatic heterocycles. The van der Waals surface area contributed by atoms with Crippen LogP contribution >= 0.6 is 0 Å². The first-order valence-corrected chi connectivity index (χ1v) is 15.3. The summed E-state index contributed by atoms with van der Waals surface area (Å²) in [6.45, 7) is 10.6. The Balaban J connectivity index is 0.000000302. The molecule has 0 amide bonds. The van der Waals surface area contributed by atoms with E-state index in [9.17, 15) is 9.59 Å². The van der Waals surface area contributed by atoms with E-state index in [0.717, 1.165) is 61.7 Å². The van der Waals surface area contributed by atoms with Crippen LogP contribution in [0.25, 0.3) is 0 Å². The third-order valence-electron chi connectivity index (χ3n) is 12.2. The Morgan fingerprint density at radius 2 is 1.77 bits per heavy atom. The molecule has 0 bridgehead atoms. The minimum atomic E-state index is -0.879. The minimum Gasteiger partial charge on any atom is -0.478 e. The zero-order valence-corrected chi connectivity index (χ0v) is 25.5. The Morgan fingerprint density at radius 3 is 2.41 bits per heavy atom. The van der Waals surface area contributed by atoms with Gasteiger partial charge >= 0.3 is 5.97 Å². The summed E-state index contributed by atoms with van der Waals surface area (Å²) in [6.07, 6.45) is 17.8. The van der Waals surface area contributed by atoms with Gasteiger partial charge in [-0.3, -0.25) is 0 Å². The molecule has 6 rings (SSSR count). The van der Waals surface area contributed by atoms with Crippen molar-refractivity contribution in [2.24, 2.45) is 40.4 Å². The standard InChI is InChI=1S/C27H42O2.C7H6O2.V/c1-19-12-17-29-27(19)15-14-26(3)21(18-27)7-9-22-23-10-8-20(6-4-5-16-28)25(23,2)13-11-24(22)26;8-7(9)6-4-2-1-3-5-6;/h16,20-24H,1,4-15,17-18H2,2-3H3;1-5H,(H,8,9);/t20-,21-,22?,23?,24?,25+,26-,27?;;/m0../s1. The van der Waals surface area contributed by atoms with E-state index >= 15 is 0 Å². The summed E-state index contributed by atoms with van der Waals surface area (Å²) >= 11 is 0. The number of carboxylic acids is 1. The van der Waals surface area contributed by atoms with Crippen LogP contribution in [0.2, 0.25) is 0 Å². The summed E-state index contributed by atoms with van der Waals surface area (Å²) in [5.74, 6) is 3.64. The molecule has 8 atom stereocenters. The Kier molecular flexibility index (Phi) is 9.61. The fraction of sp³-hybridized carbons (Fsp3) is 0.706. The maximum absolute atomic E-state index is 10.8. The molecule has 1 N–H and O–H groups in total. The second kappa shape index (κ2) is 12.3. The topological polar surface area (TPSA) is 63.6 Å². The molecule has 1 heterocycles. The molecule has 5 heteroatoms. The molecule has 213 valence electrons.